The third-order valence-electron chi connectivity index (χ3n) is 1.89. The summed E-state index contributed by atoms with van der Waals surface area (Å²) in [5.74, 6) is 0.218. The van der Waals surface area contributed by atoms with Crippen LogP contribution < -0.4 is 5.32 Å². The van der Waals surface area contributed by atoms with E-state index in [1.54, 1.807) is 6.92 Å². The van der Waals surface area contributed by atoms with Gasteiger partial charge in [0.25, 0.3) is 0 Å². The van der Waals surface area contributed by atoms with Gasteiger partial charge >= 0.3 is 0 Å². The van der Waals surface area contributed by atoms with Gasteiger partial charge in [0.1, 0.15) is 5.78 Å². The van der Waals surface area contributed by atoms with E-state index in [1.807, 2.05) is 6.92 Å². The molecule has 13 heavy (non-hydrogen) atoms. The first-order valence-corrected chi connectivity index (χ1v) is 4.84. The molecule has 1 atom stereocenters. The third kappa shape index (κ3) is 6.52. The van der Waals surface area contributed by atoms with E-state index in [0.29, 0.717) is 6.04 Å². The fraction of sp³-hybridized carbons (Fsp3) is 0.727. The van der Waals surface area contributed by atoms with Crippen molar-refractivity contribution >= 4 is 5.78 Å². The molecule has 0 aromatic carbocycles. The van der Waals surface area contributed by atoms with Crippen LogP contribution in [0.1, 0.15) is 40.5 Å². The van der Waals surface area contributed by atoms with Crippen LogP contribution in [0.5, 0.6) is 0 Å². The highest BCUT2D eigenvalue weighted by Crippen LogP contribution is 2.06. The highest BCUT2D eigenvalue weighted by atomic mass is 16.1. The van der Waals surface area contributed by atoms with E-state index in [4.69, 9.17) is 0 Å². The highest BCUT2D eigenvalue weighted by molar-refractivity contribution is 5.81. The molecule has 1 unspecified atom stereocenters. The second kappa shape index (κ2) is 5.92. The molecule has 0 saturated heterocycles. The fourth-order valence-electron chi connectivity index (χ4n) is 1.20. The van der Waals surface area contributed by atoms with Crippen LogP contribution >= 0.6 is 0 Å². The summed E-state index contributed by atoms with van der Waals surface area (Å²) in [6.07, 6.45) is 1.78. The Labute approximate surface area is 81.4 Å². The van der Waals surface area contributed by atoms with E-state index in [9.17, 15) is 4.79 Å². The number of nitrogens with one attached hydrogen (secondary N) is 1. The molecule has 76 valence electrons. The normalized spacial score (nSPS) is 13.0. The van der Waals surface area contributed by atoms with Crippen LogP contribution in [0.4, 0.5) is 0 Å². The van der Waals surface area contributed by atoms with Gasteiger partial charge in [0.05, 0.1) is 6.04 Å². The van der Waals surface area contributed by atoms with Crippen LogP contribution in [-0.4, -0.2) is 17.9 Å². The van der Waals surface area contributed by atoms with Crippen LogP contribution in [0.3, 0.4) is 0 Å². The van der Waals surface area contributed by atoms with Gasteiger partial charge in [-0.15, -0.1) is 6.58 Å². The summed E-state index contributed by atoms with van der Waals surface area (Å²) in [4.78, 5) is 11.2. The van der Waals surface area contributed by atoms with Gasteiger partial charge in [-0.2, -0.15) is 0 Å². The maximum atomic E-state index is 11.2. The molecule has 2 heteroatoms. The van der Waals surface area contributed by atoms with E-state index in [1.165, 1.54) is 0 Å². The Bertz CT molecular complexity index is 185. The lowest BCUT2D eigenvalue weighted by Gasteiger charge is -2.18. The molecule has 0 radical (unpaired) electrons. The Kier molecular flexibility index (Phi) is 5.63. The molecule has 0 aliphatic heterocycles. The molecule has 0 bridgehead atoms. The minimum atomic E-state index is -0.00306. The number of hydrogen-bond donors (Lipinski definition) is 1. The maximum absolute atomic E-state index is 11.2. The average Bonchev–Trinajstić information content (AvgIpc) is 1.96. The number of allylic oxidation sites excluding steroid dienone is 1. The summed E-state index contributed by atoms with van der Waals surface area (Å²) < 4.78 is 0. The first-order valence-electron chi connectivity index (χ1n) is 4.84. The van der Waals surface area contributed by atoms with Crippen molar-refractivity contribution in [1.82, 2.24) is 5.32 Å². The quantitative estimate of drug-likeness (QED) is 0.640. The van der Waals surface area contributed by atoms with E-state index in [-0.39, 0.29) is 11.8 Å². The first kappa shape index (κ1) is 12.4. The van der Waals surface area contributed by atoms with E-state index >= 15 is 0 Å². The molecule has 2 nitrogen and oxygen atoms in total. The Morgan fingerprint density at radius 3 is 2.23 bits per heavy atom. The van der Waals surface area contributed by atoms with Gasteiger partial charge in [-0.3, -0.25) is 4.79 Å². The Hall–Kier alpha value is -0.630. The number of ketones is 1. The topological polar surface area (TPSA) is 29.1 Å². The molecule has 0 heterocycles. The average molecular weight is 183 g/mol. The lowest BCUT2D eigenvalue weighted by molar-refractivity contribution is -0.119. The molecule has 0 aromatic rings. The van der Waals surface area contributed by atoms with Gasteiger partial charge in [0.15, 0.2) is 0 Å². The Balaban J connectivity index is 3.95. The molecule has 0 saturated carbocycles. The fourth-order valence-corrected chi connectivity index (χ4v) is 1.20. The number of carbonyl (C=O) groups excluding carboxylic acids is 1. The molecular formula is C11H21NO. The summed E-state index contributed by atoms with van der Waals surface area (Å²) in [5, 5.41) is 3.24. The molecule has 0 aliphatic carbocycles. The largest absolute Gasteiger partial charge is 0.305 e. The minimum absolute atomic E-state index is 0.00306. The zero-order valence-electron chi connectivity index (χ0n) is 9.18. The van der Waals surface area contributed by atoms with E-state index in [2.05, 4.69) is 25.7 Å². The SMILES string of the molecule is C=C(C)CCC(NC(C)C)C(C)=O. The van der Waals surface area contributed by atoms with Crippen molar-refractivity contribution in [3.63, 3.8) is 0 Å². The minimum Gasteiger partial charge on any atom is -0.305 e. The third-order valence-corrected chi connectivity index (χ3v) is 1.89. The van der Waals surface area contributed by atoms with Crippen LogP contribution in [0.15, 0.2) is 12.2 Å². The monoisotopic (exact) mass is 183 g/mol. The summed E-state index contributed by atoms with van der Waals surface area (Å²) in [6, 6.07) is 0.357. The second-order valence-corrected chi connectivity index (χ2v) is 3.98. The van der Waals surface area contributed by atoms with Crippen LogP contribution in [0.2, 0.25) is 0 Å². The molecule has 0 aliphatic rings. The summed E-state index contributed by atoms with van der Waals surface area (Å²) >= 11 is 0. The predicted molar refractivity (Wildman–Crippen MR) is 56.8 cm³/mol. The molecular weight excluding hydrogens is 162 g/mol. The summed E-state index contributed by atoms with van der Waals surface area (Å²) in [6.45, 7) is 11.6. The molecule has 0 rings (SSSR count). The van der Waals surface area contributed by atoms with Crippen molar-refractivity contribution in [3.8, 4) is 0 Å². The predicted octanol–water partition coefficient (Wildman–Crippen LogP) is 2.30. The van der Waals surface area contributed by atoms with Gasteiger partial charge < -0.3 is 5.32 Å². The van der Waals surface area contributed by atoms with Crippen molar-refractivity contribution in [2.45, 2.75) is 52.6 Å². The van der Waals surface area contributed by atoms with Gasteiger partial charge in [-0.25, -0.2) is 0 Å². The zero-order chi connectivity index (χ0) is 10.4. The van der Waals surface area contributed by atoms with Gasteiger partial charge in [0, 0.05) is 6.04 Å². The number of carbonyl (C=O) groups is 1. The van der Waals surface area contributed by atoms with Crippen LogP contribution in [0, 0.1) is 0 Å². The van der Waals surface area contributed by atoms with E-state index < -0.39 is 0 Å². The highest BCUT2D eigenvalue weighted by Gasteiger charge is 2.13. The maximum Gasteiger partial charge on any atom is 0.146 e. The molecule has 0 amide bonds. The van der Waals surface area contributed by atoms with E-state index in [0.717, 1.165) is 18.4 Å². The number of hydrogen-bond acceptors (Lipinski definition) is 2. The Morgan fingerprint density at radius 2 is 1.92 bits per heavy atom. The Morgan fingerprint density at radius 1 is 1.38 bits per heavy atom. The van der Waals surface area contributed by atoms with Gasteiger partial charge in [-0.05, 0) is 26.7 Å². The lowest BCUT2D eigenvalue weighted by Crippen LogP contribution is -2.39. The molecule has 0 fully saturated rings. The van der Waals surface area contributed by atoms with Crippen molar-refractivity contribution in [2.75, 3.05) is 0 Å². The zero-order valence-corrected chi connectivity index (χ0v) is 9.18. The van der Waals surface area contributed by atoms with Crippen molar-refractivity contribution in [2.24, 2.45) is 0 Å². The number of rotatable bonds is 6. The summed E-state index contributed by atoms with van der Waals surface area (Å²) in [5.41, 5.74) is 1.14. The molecule has 0 aromatic heterocycles. The number of Topliss-reactive ketones (excluding diaryl/α,β-unsaturated/α-hetero) is 1. The van der Waals surface area contributed by atoms with Crippen LogP contribution in [-0.2, 0) is 4.79 Å². The van der Waals surface area contributed by atoms with Crippen molar-refractivity contribution < 1.29 is 4.79 Å². The van der Waals surface area contributed by atoms with Gasteiger partial charge in [-0.1, -0.05) is 19.4 Å². The molecule has 0 spiro atoms. The molecule has 1 N–H and O–H groups in total. The first-order chi connectivity index (χ1) is 5.93. The van der Waals surface area contributed by atoms with Crippen molar-refractivity contribution in [3.05, 3.63) is 12.2 Å². The van der Waals surface area contributed by atoms with Crippen LogP contribution in [0.25, 0.3) is 0 Å². The van der Waals surface area contributed by atoms with Gasteiger partial charge in [0.2, 0.25) is 0 Å². The summed E-state index contributed by atoms with van der Waals surface area (Å²) in [7, 11) is 0. The standard InChI is InChI=1S/C11H21NO/c1-8(2)6-7-11(10(5)13)12-9(3)4/h9,11-12H,1,6-7H2,2-5H3. The lowest BCUT2D eigenvalue weighted by atomic mass is 10.0. The van der Waals surface area contributed by atoms with Crippen molar-refractivity contribution in [1.29, 1.82) is 0 Å². The second-order valence-electron chi connectivity index (χ2n) is 3.98. The smallest absolute Gasteiger partial charge is 0.146 e.